The number of fused-ring (bicyclic) bond motifs is 1. The highest BCUT2D eigenvalue weighted by Crippen LogP contribution is 2.11. The predicted octanol–water partition coefficient (Wildman–Crippen LogP) is 1.26. The second-order valence-electron chi connectivity index (χ2n) is 7.12. The number of nitrogens with zero attached hydrogens (tertiary/aromatic N) is 2. The zero-order valence-electron chi connectivity index (χ0n) is 17.9. The molecule has 1 atom stereocenters. The Balaban J connectivity index is 1.74. The number of alkyl carbamates (subject to hydrolysis) is 1. The van der Waals surface area contributed by atoms with Gasteiger partial charge in [0.2, 0.25) is 11.8 Å². The number of pyridine rings is 1. The van der Waals surface area contributed by atoms with Gasteiger partial charge in [-0.25, -0.2) is 9.78 Å². The van der Waals surface area contributed by atoms with Gasteiger partial charge in [0.05, 0.1) is 24.7 Å². The Labute approximate surface area is 188 Å². The summed E-state index contributed by atoms with van der Waals surface area (Å²) in [5.41, 5.74) is 6.29. The van der Waals surface area contributed by atoms with Crippen LogP contribution >= 0.6 is 0 Å². The highest BCUT2D eigenvalue weighted by molar-refractivity contribution is 5.96. The molecule has 11 heteroatoms. The van der Waals surface area contributed by atoms with Crippen molar-refractivity contribution in [3.05, 3.63) is 70.9 Å². The van der Waals surface area contributed by atoms with Crippen molar-refractivity contribution in [2.24, 2.45) is 5.73 Å². The Morgan fingerprint density at radius 2 is 2.03 bits per heavy atom. The molecule has 172 valence electrons. The van der Waals surface area contributed by atoms with E-state index in [0.717, 1.165) is 11.0 Å². The molecule has 3 rings (SSSR count). The first-order valence-corrected chi connectivity index (χ1v) is 10.1. The molecule has 0 saturated heterocycles. The first-order chi connectivity index (χ1) is 15.9. The molecular weight excluding hydrogens is 428 g/mol. The van der Waals surface area contributed by atoms with E-state index in [1.807, 2.05) is 24.3 Å². The third-order valence-electron chi connectivity index (χ3n) is 4.73. The first kappa shape index (κ1) is 23.3. The number of nitrogens with one attached hydrogen (secondary N) is 3. The van der Waals surface area contributed by atoms with E-state index in [1.54, 1.807) is 12.3 Å². The molecule has 0 aliphatic rings. The summed E-state index contributed by atoms with van der Waals surface area (Å²) >= 11 is 0. The van der Waals surface area contributed by atoms with Crippen LogP contribution in [0.25, 0.3) is 11.0 Å². The molecule has 0 radical (unpaired) electrons. The van der Waals surface area contributed by atoms with Gasteiger partial charge in [-0.2, -0.15) is 0 Å². The van der Waals surface area contributed by atoms with Crippen LogP contribution in [0.15, 0.2) is 59.5 Å². The summed E-state index contributed by atoms with van der Waals surface area (Å²) in [5.74, 6) is -0.633. The minimum Gasteiger partial charge on any atom is -0.453 e. The molecule has 0 bridgehead atoms. The molecule has 5 N–H and O–H groups in total. The minimum absolute atomic E-state index is 0.0444. The molecule has 0 aliphatic heterocycles. The maximum Gasteiger partial charge on any atom is 0.407 e. The number of para-hydroxylation sites is 2. The summed E-state index contributed by atoms with van der Waals surface area (Å²) in [6.45, 7) is 0.180. The normalized spacial score (nSPS) is 11.9. The number of aromatic amines is 1. The van der Waals surface area contributed by atoms with Crippen molar-refractivity contribution in [1.82, 2.24) is 19.9 Å². The minimum atomic E-state index is -1.00. The van der Waals surface area contributed by atoms with Crippen molar-refractivity contribution >= 4 is 34.6 Å². The van der Waals surface area contributed by atoms with Crippen LogP contribution < -0.4 is 21.9 Å². The monoisotopic (exact) mass is 452 g/mol. The van der Waals surface area contributed by atoms with Crippen LogP contribution in [0.2, 0.25) is 0 Å². The molecule has 3 aromatic rings. The largest absolute Gasteiger partial charge is 0.453 e. The fourth-order valence-electron chi connectivity index (χ4n) is 3.15. The van der Waals surface area contributed by atoms with Crippen LogP contribution in [-0.2, 0) is 20.9 Å². The Bertz CT molecular complexity index is 1210. The molecule has 33 heavy (non-hydrogen) atoms. The standard InChI is InChI=1S/C22H24N6O5/c1-33-22(32)27-16(9-4-5-11-18(23)29)20(30)26-17-10-6-12-28(21(17)31)13-19-24-14-7-2-3-8-15(14)25-19/h2-3,5-8,10-12,16H,4,9,13H2,1H3,(H2,23,29)(H,24,25)(H,26,30)(H,27,32)/b11-5+. The van der Waals surface area contributed by atoms with Crippen LogP contribution in [0, 0.1) is 0 Å². The van der Waals surface area contributed by atoms with E-state index < -0.39 is 29.5 Å². The van der Waals surface area contributed by atoms with Gasteiger partial charge in [-0.3, -0.25) is 14.4 Å². The average molecular weight is 452 g/mol. The third kappa shape index (κ3) is 6.29. The third-order valence-corrected chi connectivity index (χ3v) is 4.73. The number of amides is 3. The Morgan fingerprint density at radius 3 is 2.76 bits per heavy atom. The van der Waals surface area contributed by atoms with Gasteiger partial charge in [0.15, 0.2) is 0 Å². The van der Waals surface area contributed by atoms with Gasteiger partial charge in [0.1, 0.15) is 17.6 Å². The maximum absolute atomic E-state index is 12.9. The number of hydrogen-bond donors (Lipinski definition) is 4. The Hall–Kier alpha value is -4.41. The second kappa shape index (κ2) is 10.8. The number of carbonyl (C=O) groups excluding carboxylic acids is 3. The Kier molecular flexibility index (Phi) is 7.58. The van der Waals surface area contributed by atoms with Gasteiger partial charge >= 0.3 is 6.09 Å². The van der Waals surface area contributed by atoms with Crippen LogP contribution in [0.1, 0.15) is 18.7 Å². The summed E-state index contributed by atoms with van der Waals surface area (Å²) in [4.78, 5) is 55.7. The number of ether oxygens (including phenoxy) is 1. The lowest BCUT2D eigenvalue weighted by Gasteiger charge is -2.17. The van der Waals surface area contributed by atoms with Crippen molar-refractivity contribution in [2.75, 3.05) is 12.4 Å². The zero-order valence-corrected chi connectivity index (χ0v) is 17.9. The van der Waals surface area contributed by atoms with Crippen molar-refractivity contribution in [3.8, 4) is 0 Å². The molecule has 0 fully saturated rings. The van der Waals surface area contributed by atoms with Gasteiger partial charge in [-0.15, -0.1) is 0 Å². The number of methoxy groups -OCH3 is 1. The Morgan fingerprint density at radius 1 is 1.24 bits per heavy atom. The van der Waals surface area contributed by atoms with Crippen molar-refractivity contribution in [3.63, 3.8) is 0 Å². The van der Waals surface area contributed by atoms with E-state index >= 15 is 0 Å². The summed E-state index contributed by atoms with van der Waals surface area (Å²) in [6.07, 6.45) is 3.89. The van der Waals surface area contributed by atoms with Crippen molar-refractivity contribution in [1.29, 1.82) is 0 Å². The number of H-pyrrole nitrogens is 1. The van der Waals surface area contributed by atoms with Gasteiger partial charge in [0.25, 0.3) is 5.56 Å². The van der Waals surface area contributed by atoms with Gasteiger partial charge in [0, 0.05) is 6.20 Å². The molecule has 0 spiro atoms. The van der Waals surface area contributed by atoms with E-state index in [1.165, 1.54) is 29.9 Å². The van der Waals surface area contributed by atoms with E-state index in [9.17, 15) is 19.2 Å². The zero-order chi connectivity index (χ0) is 23.8. The number of rotatable bonds is 9. The van der Waals surface area contributed by atoms with E-state index in [4.69, 9.17) is 5.73 Å². The van der Waals surface area contributed by atoms with E-state index in [0.29, 0.717) is 5.82 Å². The van der Waals surface area contributed by atoms with Crippen LogP contribution in [0.4, 0.5) is 10.5 Å². The highest BCUT2D eigenvalue weighted by atomic mass is 16.5. The number of anilines is 1. The fraction of sp³-hybridized carbons (Fsp3) is 0.227. The number of benzene rings is 1. The summed E-state index contributed by atoms with van der Waals surface area (Å²) in [6, 6.07) is 9.60. The molecule has 3 amide bonds. The maximum atomic E-state index is 12.9. The number of primary amides is 1. The topological polar surface area (TPSA) is 161 Å². The summed E-state index contributed by atoms with van der Waals surface area (Å²) < 4.78 is 5.97. The average Bonchev–Trinajstić information content (AvgIpc) is 3.20. The molecule has 0 aliphatic carbocycles. The van der Waals surface area contributed by atoms with Gasteiger partial charge in [-0.05, 0) is 43.2 Å². The predicted molar refractivity (Wildman–Crippen MR) is 121 cm³/mol. The van der Waals surface area contributed by atoms with Crippen LogP contribution in [0.5, 0.6) is 0 Å². The smallest absolute Gasteiger partial charge is 0.407 e. The molecule has 2 heterocycles. The van der Waals surface area contributed by atoms with Crippen molar-refractivity contribution < 1.29 is 19.1 Å². The van der Waals surface area contributed by atoms with Crippen LogP contribution in [-0.4, -0.2) is 45.6 Å². The molecule has 1 aromatic carbocycles. The summed E-state index contributed by atoms with van der Waals surface area (Å²) in [7, 11) is 1.17. The lowest BCUT2D eigenvalue weighted by Crippen LogP contribution is -2.44. The quantitative estimate of drug-likeness (QED) is 0.357. The number of aromatic nitrogens is 3. The van der Waals surface area contributed by atoms with Crippen molar-refractivity contribution in [2.45, 2.75) is 25.4 Å². The molecule has 1 unspecified atom stereocenters. The second-order valence-corrected chi connectivity index (χ2v) is 7.12. The molecule has 11 nitrogen and oxygen atoms in total. The number of carbonyl (C=O) groups is 3. The van der Waals surface area contributed by atoms with Crippen LogP contribution in [0.3, 0.4) is 0 Å². The number of allylic oxidation sites excluding steroid dienone is 1. The first-order valence-electron chi connectivity index (χ1n) is 10.1. The van der Waals surface area contributed by atoms with Gasteiger partial charge < -0.3 is 30.7 Å². The number of nitrogens with two attached hydrogens (primary N) is 1. The van der Waals surface area contributed by atoms with Gasteiger partial charge in [-0.1, -0.05) is 18.2 Å². The highest BCUT2D eigenvalue weighted by Gasteiger charge is 2.22. The number of imidazole rings is 1. The molecule has 2 aromatic heterocycles. The van der Waals surface area contributed by atoms with E-state index in [2.05, 4.69) is 25.3 Å². The SMILES string of the molecule is COC(=O)NC(CC/C=C/C(N)=O)C(=O)Nc1cccn(Cc2nc3ccccc3[nH]2)c1=O. The van der Waals surface area contributed by atoms with E-state index in [-0.39, 0.29) is 25.1 Å². The lowest BCUT2D eigenvalue weighted by atomic mass is 10.1. The fourth-order valence-corrected chi connectivity index (χ4v) is 3.15. The summed E-state index contributed by atoms with van der Waals surface area (Å²) in [5, 5.41) is 4.97. The molecule has 0 saturated carbocycles. The molecular formula is C22H24N6O5. The number of hydrogen-bond acceptors (Lipinski definition) is 6. The lowest BCUT2D eigenvalue weighted by molar-refractivity contribution is -0.118.